The van der Waals surface area contributed by atoms with Crippen molar-refractivity contribution in [1.29, 1.82) is 0 Å². The van der Waals surface area contributed by atoms with Gasteiger partial charge in [0.15, 0.2) is 0 Å². The third-order valence-electron chi connectivity index (χ3n) is 5.41. The summed E-state index contributed by atoms with van der Waals surface area (Å²) >= 11 is 0. The Kier molecular flexibility index (Phi) is 5.31. The molecular formula is C18H24F3N3O2S. The first-order valence-corrected chi connectivity index (χ1v) is 10.4. The van der Waals surface area contributed by atoms with Crippen molar-refractivity contribution in [2.24, 2.45) is 11.1 Å². The Bertz CT molecular complexity index is 861. The van der Waals surface area contributed by atoms with Gasteiger partial charge in [-0.25, -0.2) is 31.7 Å². The van der Waals surface area contributed by atoms with Crippen molar-refractivity contribution in [3.63, 3.8) is 0 Å². The Labute approximate surface area is 157 Å². The lowest BCUT2D eigenvalue weighted by Crippen LogP contribution is -2.42. The summed E-state index contributed by atoms with van der Waals surface area (Å²) in [5.74, 6) is -3.35. The fourth-order valence-corrected chi connectivity index (χ4v) is 4.40. The van der Waals surface area contributed by atoms with Gasteiger partial charge in [-0.3, -0.25) is 5.01 Å². The average Bonchev–Trinajstić information content (AvgIpc) is 2.83. The highest BCUT2D eigenvalue weighted by Gasteiger charge is 2.37. The molecule has 0 atom stereocenters. The highest BCUT2D eigenvalue weighted by atomic mass is 32.2. The molecule has 0 saturated heterocycles. The fourth-order valence-electron chi connectivity index (χ4n) is 3.78. The van der Waals surface area contributed by atoms with Gasteiger partial charge in [0.1, 0.15) is 10.7 Å². The normalized spacial score (nSPS) is 21.9. The second kappa shape index (κ2) is 7.10. The van der Waals surface area contributed by atoms with E-state index >= 15 is 0 Å². The second-order valence-electron chi connectivity index (χ2n) is 7.48. The molecule has 2 aliphatic rings. The fraction of sp³-hybridized carbons (Fsp3) is 0.556. The van der Waals surface area contributed by atoms with Crippen molar-refractivity contribution in [2.45, 2.75) is 50.3 Å². The van der Waals surface area contributed by atoms with Crippen molar-refractivity contribution in [1.82, 2.24) is 5.01 Å². The molecule has 1 aliphatic heterocycles. The molecule has 150 valence electrons. The maximum absolute atomic E-state index is 13.9. The van der Waals surface area contributed by atoms with Crippen LogP contribution in [0.4, 0.5) is 18.9 Å². The van der Waals surface area contributed by atoms with Gasteiger partial charge < -0.3 is 0 Å². The largest absolute Gasteiger partial charge is 0.278 e. The lowest BCUT2D eigenvalue weighted by Gasteiger charge is -2.36. The molecule has 9 heteroatoms. The number of anilines is 1. The Hall–Kier alpha value is -1.58. The molecule has 0 bridgehead atoms. The highest BCUT2D eigenvalue weighted by molar-refractivity contribution is 7.89. The number of hydrogen-bond donors (Lipinski definition) is 1. The summed E-state index contributed by atoms with van der Waals surface area (Å²) in [5, 5.41) is 8.94. The van der Waals surface area contributed by atoms with Crippen molar-refractivity contribution >= 4 is 15.7 Å². The molecule has 1 aromatic rings. The number of benzene rings is 1. The molecule has 1 saturated carbocycles. The minimum absolute atomic E-state index is 0.108. The summed E-state index contributed by atoms with van der Waals surface area (Å²) in [4.78, 5) is -0.561. The van der Waals surface area contributed by atoms with Crippen LogP contribution in [0.15, 0.2) is 34.4 Å². The van der Waals surface area contributed by atoms with E-state index in [0.29, 0.717) is 31.6 Å². The van der Waals surface area contributed by atoms with E-state index in [1.807, 2.05) is 23.9 Å². The van der Waals surface area contributed by atoms with Crippen LogP contribution in [0.5, 0.6) is 0 Å². The van der Waals surface area contributed by atoms with E-state index in [4.69, 9.17) is 5.14 Å². The molecule has 1 fully saturated rings. The lowest BCUT2D eigenvalue weighted by atomic mass is 9.86. The molecule has 5 nitrogen and oxygen atoms in total. The molecule has 1 aliphatic carbocycles. The molecule has 1 aromatic carbocycles. The van der Waals surface area contributed by atoms with Crippen LogP contribution >= 0.6 is 0 Å². The number of hydrazine groups is 1. The summed E-state index contributed by atoms with van der Waals surface area (Å²) in [6, 6.07) is 3.79. The van der Waals surface area contributed by atoms with Gasteiger partial charge in [0, 0.05) is 31.6 Å². The Morgan fingerprint density at radius 1 is 1.22 bits per heavy atom. The number of nitrogens with zero attached hydrogens (tertiary/aromatic N) is 2. The first-order valence-electron chi connectivity index (χ1n) is 8.89. The SMILES string of the molecule is CC1=C(C)N(c2ccc(F)c(S(N)(=O)=O)c2)N(CC2CCC(F)(F)CC2)C1. The summed E-state index contributed by atoms with van der Waals surface area (Å²) in [6.45, 7) is 5.04. The predicted octanol–water partition coefficient (Wildman–Crippen LogP) is 3.63. The standard InChI is InChI=1S/C18H24F3N3O2S/c1-12-10-23(11-14-5-7-18(20,21)8-6-14)24(13(12)2)15-3-4-16(19)17(9-15)27(22,25)26/h3-4,9,14H,5-8,10-11H2,1-2H3,(H2,22,25,26). The van der Waals surface area contributed by atoms with Crippen molar-refractivity contribution in [3.8, 4) is 0 Å². The minimum Gasteiger partial charge on any atom is -0.278 e. The van der Waals surface area contributed by atoms with Gasteiger partial charge >= 0.3 is 0 Å². The predicted molar refractivity (Wildman–Crippen MR) is 97.1 cm³/mol. The van der Waals surface area contributed by atoms with Crippen molar-refractivity contribution in [3.05, 3.63) is 35.3 Å². The summed E-state index contributed by atoms with van der Waals surface area (Å²) < 4.78 is 64.0. The van der Waals surface area contributed by atoms with Crippen LogP contribution in [-0.4, -0.2) is 32.4 Å². The molecule has 27 heavy (non-hydrogen) atoms. The first kappa shape index (κ1) is 20.2. The van der Waals surface area contributed by atoms with Crippen molar-refractivity contribution in [2.75, 3.05) is 18.1 Å². The Balaban J connectivity index is 1.86. The number of alkyl halides is 2. The maximum Gasteiger partial charge on any atom is 0.248 e. The number of sulfonamides is 1. The maximum atomic E-state index is 13.9. The van der Waals surface area contributed by atoms with Crippen LogP contribution in [0.25, 0.3) is 0 Å². The van der Waals surface area contributed by atoms with Gasteiger partial charge in [0.05, 0.1) is 5.69 Å². The van der Waals surface area contributed by atoms with Gasteiger partial charge in [-0.05, 0) is 56.4 Å². The number of nitrogens with two attached hydrogens (primary N) is 1. The van der Waals surface area contributed by atoms with Gasteiger partial charge in [-0.15, -0.1) is 0 Å². The molecular weight excluding hydrogens is 379 g/mol. The summed E-state index contributed by atoms with van der Waals surface area (Å²) in [5.41, 5.74) is 2.47. The quantitative estimate of drug-likeness (QED) is 0.834. The zero-order valence-electron chi connectivity index (χ0n) is 15.4. The van der Waals surface area contributed by atoms with Crippen LogP contribution in [0.3, 0.4) is 0 Å². The number of halogens is 3. The molecule has 0 spiro atoms. The molecule has 0 radical (unpaired) electrons. The number of primary sulfonamides is 1. The third-order valence-corrected chi connectivity index (χ3v) is 6.34. The number of rotatable bonds is 4. The molecule has 0 amide bonds. The smallest absolute Gasteiger partial charge is 0.248 e. The van der Waals surface area contributed by atoms with E-state index in [2.05, 4.69) is 0 Å². The number of allylic oxidation sites excluding steroid dienone is 1. The highest BCUT2D eigenvalue weighted by Crippen LogP contribution is 2.38. The van der Waals surface area contributed by atoms with Gasteiger partial charge in [-0.1, -0.05) is 0 Å². The van der Waals surface area contributed by atoms with Crippen LogP contribution in [-0.2, 0) is 10.0 Å². The Morgan fingerprint density at radius 2 is 1.85 bits per heavy atom. The van der Waals surface area contributed by atoms with Gasteiger partial charge in [0.25, 0.3) is 0 Å². The average molecular weight is 403 g/mol. The van der Waals surface area contributed by atoms with E-state index in [0.717, 1.165) is 17.3 Å². The van der Waals surface area contributed by atoms with Crippen LogP contribution in [0, 0.1) is 11.7 Å². The molecule has 2 N–H and O–H groups in total. The second-order valence-corrected chi connectivity index (χ2v) is 9.01. The zero-order chi connectivity index (χ0) is 20.0. The number of hydrogen-bond acceptors (Lipinski definition) is 4. The lowest BCUT2D eigenvalue weighted by molar-refractivity contribution is -0.0485. The Morgan fingerprint density at radius 3 is 2.44 bits per heavy atom. The van der Waals surface area contributed by atoms with Crippen molar-refractivity contribution < 1.29 is 21.6 Å². The molecule has 0 unspecified atom stereocenters. The van der Waals surface area contributed by atoms with E-state index in [9.17, 15) is 21.6 Å². The zero-order valence-corrected chi connectivity index (χ0v) is 16.2. The topological polar surface area (TPSA) is 66.6 Å². The monoisotopic (exact) mass is 403 g/mol. The van der Waals surface area contributed by atoms with Crippen LogP contribution in [0.2, 0.25) is 0 Å². The summed E-state index contributed by atoms with van der Waals surface area (Å²) in [7, 11) is -4.19. The summed E-state index contributed by atoms with van der Waals surface area (Å²) in [6.07, 6.45) is 0.675. The third kappa shape index (κ3) is 4.30. The van der Waals surface area contributed by atoms with Crippen LogP contribution in [0.1, 0.15) is 39.5 Å². The molecule has 0 aromatic heterocycles. The minimum atomic E-state index is -4.19. The van der Waals surface area contributed by atoms with E-state index in [1.54, 1.807) is 0 Å². The van der Waals surface area contributed by atoms with E-state index in [-0.39, 0.29) is 18.8 Å². The van der Waals surface area contributed by atoms with Gasteiger partial charge in [0.2, 0.25) is 15.9 Å². The first-order chi connectivity index (χ1) is 12.5. The molecule has 3 rings (SSSR count). The molecule has 1 heterocycles. The van der Waals surface area contributed by atoms with E-state index < -0.39 is 26.7 Å². The van der Waals surface area contributed by atoms with E-state index in [1.165, 1.54) is 12.1 Å². The van der Waals surface area contributed by atoms with Crippen LogP contribution < -0.4 is 10.1 Å². The van der Waals surface area contributed by atoms with Gasteiger partial charge in [-0.2, -0.15) is 0 Å².